The van der Waals surface area contributed by atoms with Gasteiger partial charge in [0, 0.05) is 28.5 Å². The van der Waals surface area contributed by atoms with Crippen molar-refractivity contribution in [2.75, 3.05) is 6.61 Å². The van der Waals surface area contributed by atoms with Gasteiger partial charge in [0.1, 0.15) is 5.75 Å². The van der Waals surface area contributed by atoms with Gasteiger partial charge < -0.3 is 10.2 Å². The first kappa shape index (κ1) is 12.9. The van der Waals surface area contributed by atoms with Gasteiger partial charge in [0.2, 0.25) is 0 Å². The molecule has 1 rings (SSSR count). The maximum Gasteiger partial charge on any atom is 0.698 e. The molecule has 0 saturated carbocycles. The lowest BCUT2D eigenvalue weighted by Crippen LogP contribution is -2.03. The van der Waals surface area contributed by atoms with E-state index in [9.17, 15) is 14.1 Å². The van der Waals surface area contributed by atoms with Crippen molar-refractivity contribution in [2.45, 2.75) is 12.8 Å². The van der Waals surface area contributed by atoms with E-state index in [4.69, 9.17) is 10.00 Å². The quantitative estimate of drug-likeness (QED) is 0.673. The Morgan fingerprint density at radius 1 is 1.56 bits per heavy atom. The molecule has 0 radical (unpaired) electrons. The molecule has 0 amide bonds. The van der Waals surface area contributed by atoms with Gasteiger partial charge in [-0.15, -0.1) is 4.89 Å². The van der Waals surface area contributed by atoms with Crippen LogP contribution in [0.5, 0.6) is 5.75 Å². The van der Waals surface area contributed by atoms with Crippen LogP contribution >= 0.6 is 8.25 Å². The van der Waals surface area contributed by atoms with Gasteiger partial charge >= 0.3 is 8.25 Å². The molecule has 2 atom stereocenters. The zero-order valence-corrected chi connectivity index (χ0v) is 8.97. The predicted octanol–water partition coefficient (Wildman–Crippen LogP) is 0.956. The van der Waals surface area contributed by atoms with Crippen molar-refractivity contribution in [1.29, 1.82) is 0 Å². The highest BCUT2D eigenvalue weighted by Crippen LogP contribution is 2.34. The average molecular weight is 250 g/mol. The minimum absolute atomic E-state index is 0.00429. The summed E-state index contributed by atoms with van der Waals surface area (Å²) in [6.45, 7) is -0.303. The maximum absolute atomic E-state index is 13.4. The van der Waals surface area contributed by atoms with Crippen LogP contribution in [0.4, 0.5) is 4.39 Å². The highest BCUT2D eigenvalue weighted by molar-refractivity contribution is 7.32. The molecule has 0 saturated heterocycles. The Kier molecular flexibility index (Phi) is 4.70. The number of aliphatic hydroxyl groups is 1. The predicted molar refractivity (Wildman–Crippen MR) is 51.5 cm³/mol. The molecule has 1 aromatic rings. The van der Waals surface area contributed by atoms with E-state index < -0.39 is 14.6 Å². The van der Waals surface area contributed by atoms with E-state index >= 15 is 0 Å². The zero-order valence-electron chi connectivity index (χ0n) is 8.08. The highest BCUT2D eigenvalue weighted by atomic mass is 31.1. The first-order valence-corrected chi connectivity index (χ1v) is 5.43. The summed E-state index contributed by atoms with van der Waals surface area (Å²) in [6.07, 6.45) is -0.0286. The molecule has 16 heavy (non-hydrogen) atoms. The molecule has 0 bridgehead atoms. The van der Waals surface area contributed by atoms with Crippen molar-refractivity contribution < 1.29 is 28.6 Å². The minimum atomic E-state index is -3.09. The van der Waals surface area contributed by atoms with Gasteiger partial charge in [0.05, 0.1) is 6.20 Å². The number of aromatic hydroxyl groups is 1. The van der Waals surface area contributed by atoms with Gasteiger partial charge in [-0.2, -0.15) is 0 Å². The molecule has 8 heteroatoms. The second kappa shape index (κ2) is 5.81. The van der Waals surface area contributed by atoms with Crippen LogP contribution in [0, 0.1) is 0 Å². The van der Waals surface area contributed by atoms with Crippen LogP contribution in [0.25, 0.3) is 0 Å². The topological polar surface area (TPSA) is 99.9 Å². The molecule has 1 aromatic heterocycles. The fraction of sp³-hybridized carbons (Fsp3) is 0.375. The summed E-state index contributed by atoms with van der Waals surface area (Å²) in [5, 5.41) is 18.1. The Bertz CT molecular complexity index is 389. The van der Waals surface area contributed by atoms with E-state index in [-0.39, 0.29) is 29.9 Å². The first-order chi connectivity index (χ1) is 7.56. The lowest BCUT2D eigenvalue weighted by Gasteiger charge is -2.09. The van der Waals surface area contributed by atoms with Gasteiger partial charge in [-0.3, -0.25) is 4.98 Å². The second-order valence-electron chi connectivity index (χ2n) is 2.86. The molecular weight excluding hydrogens is 240 g/mol. The fourth-order valence-electron chi connectivity index (χ4n) is 1.21. The molecule has 88 valence electrons. The summed E-state index contributed by atoms with van der Waals surface area (Å²) < 4.78 is 27.7. The SMILES string of the molecule is O=[P+](O)OC(F)c1cncc(O)c1CCO. The van der Waals surface area contributed by atoms with Gasteiger partial charge in [-0.05, 0) is 6.42 Å². The van der Waals surface area contributed by atoms with Crippen LogP contribution in [-0.2, 0) is 15.5 Å². The van der Waals surface area contributed by atoms with Crippen molar-refractivity contribution in [2.24, 2.45) is 0 Å². The van der Waals surface area contributed by atoms with Crippen molar-refractivity contribution in [3.05, 3.63) is 23.5 Å². The van der Waals surface area contributed by atoms with Crippen LogP contribution in [-0.4, -0.2) is 26.7 Å². The number of pyridine rings is 1. The van der Waals surface area contributed by atoms with Crippen LogP contribution in [0.2, 0.25) is 0 Å². The number of hydrogen-bond acceptors (Lipinski definition) is 5. The van der Waals surface area contributed by atoms with E-state index in [1.807, 2.05) is 0 Å². The summed E-state index contributed by atoms with van der Waals surface area (Å²) in [7, 11) is -3.09. The third kappa shape index (κ3) is 3.18. The molecule has 0 aromatic carbocycles. The number of aliphatic hydroxyl groups excluding tert-OH is 1. The Morgan fingerprint density at radius 2 is 2.25 bits per heavy atom. The molecule has 0 fully saturated rings. The van der Waals surface area contributed by atoms with Gasteiger partial charge in [0.25, 0.3) is 6.36 Å². The van der Waals surface area contributed by atoms with Crippen LogP contribution in [0.1, 0.15) is 17.5 Å². The van der Waals surface area contributed by atoms with Crippen molar-refractivity contribution in [3.63, 3.8) is 0 Å². The second-order valence-corrected chi connectivity index (χ2v) is 3.55. The molecule has 0 spiro atoms. The van der Waals surface area contributed by atoms with E-state index in [0.717, 1.165) is 12.4 Å². The number of nitrogens with zero attached hydrogens (tertiary/aromatic N) is 1. The lowest BCUT2D eigenvalue weighted by molar-refractivity contribution is 0.0620. The van der Waals surface area contributed by atoms with Gasteiger partial charge in [0.15, 0.2) is 0 Å². The Labute approximate surface area is 91.3 Å². The number of aromatic nitrogens is 1. The largest absolute Gasteiger partial charge is 0.698 e. The number of hydrogen-bond donors (Lipinski definition) is 3. The molecule has 3 N–H and O–H groups in total. The molecule has 0 aliphatic carbocycles. The van der Waals surface area contributed by atoms with Gasteiger partial charge in [-0.1, -0.05) is 4.52 Å². The lowest BCUT2D eigenvalue weighted by atomic mass is 10.1. The molecule has 2 unspecified atom stereocenters. The Balaban J connectivity index is 3.01. The summed E-state index contributed by atoms with van der Waals surface area (Å²) in [6, 6.07) is 0. The summed E-state index contributed by atoms with van der Waals surface area (Å²) in [4.78, 5) is 11.9. The van der Waals surface area contributed by atoms with E-state index in [1.165, 1.54) is 0 Å². The van der Waals surface area contributed by atoms with E-state index in [1.54, 1.807) is 0 Å². The third-order valence-corrected chi connectivity index (χ3v) is 2.22. The Hall–Kier alpha value is -1.14. The van der Waals surface area contributed by atoms with Crippen LogP contribution < -0.4 is 0 Å². The first-order valence-electron chi connectivity index (χ1n) is 4.29. The number of halogens is 1. The monoisotopic (exact) mass is 250 g/mol. The van der Waals surface area contributed by atoms with Gasteiger partial charge in [-0.25, -0.2) is 4.39 Å². The van der Waals surface area contributed by atoms with E-state index in [2.05, 4.69) is 9.51 Å². The van der Waals surface area contributed by atoms with E-state index in [0.29, 0.717) is 0 Å². The Morgan fingerprint density at radius 3 is 2.81 bits per heavy atom. The van der Waals surface area contributed by atoms with Crippen molar-refractivity contribution >= 4 is 8.25 Å². The third-order valence-electron chi connectivity index (χ3n) is 1.86. The van der Waals surface area contributed by atoms with Crippen LogP contribution in [0.3, 0.4) is 0 Å². The van der Waals surface area contributed by atoms with Crippen molar-refractivity contribution in [3.8, 4) is 5.75 Å². The van der Waals surface area contributed by atoms with Crippen LogP contribution in [0.15, 0.2) is 12.4 Å². The summed E-state index contributed by atoms with van der Waals surface area (Å²) >= 11 is 0. The number of rotatable bonds is 5. The molecule has 0 aliphatic rings. The normalized spacial score (nSPS) is 13.6. The molecule has 0 aliphatic heterocycles. The highest BCUT2D eigenvalue weighted by Gasteiger charge is 2.27. The smallest absolute Gasteiger partial charge is 0.506 e. The minimum Gasteiger partial charge on any atom is -0.506 e. The zero-order chi connectivity index (χ0) is 12.1. The number of alkyl halides is 1. The fourth-order valence-corrected chi connectivity index (χ4v) is 1.48. The summed E-state index contributed by atoms with van der Waals surface area (Å²) in [5.41, 5.74) is -0.0756. The average Bonchev–Trinajstić information content (AvgIpc) is 2.20. The van der Waals surface area contributed by atoms with Crippen molar-refractivity contribution in [1.82, 2.24) is 4.98 Å². The molecule has 1 heterocycles. The maximum atomic E-state index is 13.4. The standard InChI is InChI=1S/C8H9FNO5P/c9-8(15-16(13)14)6-3-10-4-7(12)5(6)1-2-11/h3-4,8,11H,1-2H2,(H-,12,13,14)/p+1. The molecule has 6 nitrogen and oxygen atoms in total. The summed E-state index contributed by atoms with van der Waals surface area (Å²) in [5.74, 6) is -0.300. The molecular formula is C8H10FNO5P+.